The molecule has 0 aliphatic heterocycles. The zero-order valence-electron chi connectivity index (χ0n) is 10.4. The molecule has 1 atom stereocenters. The minimum Gasteiger partial charge on any atom is -0.382 e. The predicted octanol–water partition coefficient (Wildman–Crippen LogP) is 2.51. The number of hydrogen-bond donors (Lipinski definition) is 0. The highest BCUT2D eigenvalue weighted by Crippen LogP contribution is 2.08. The van der Waals surface area contributed by atoms with Gasteiger partial charge in [-0.25, -0.2) is 4.79 Å². The topological polar surface area (TPSA) is 44.8 Å². The summed E-state index contributed by atoms with van der Waals surface area (Å²) >= 11 is 0. The van der Waals surface area contributed by atoms with E-state index < -0.39 is 5.97 Å². The van der Waals surface area contributed by atoms with Crippen LogP contribution in [0.1, 0.15) is 29.3 Å². The molecular formula is C13H18O4. The van der Waals surface area contributed by atoms with Crippen molar-refractivity contribution in [2.24, 2.45) is 0 Å². The number of aryl methyl sites for hydroxylation is 1. The summed E-state index contributed by atoms with van der Waals surface area (Å²) in [6, 6.07) is 7.21. The maximum atomic E-state index is 11.6. The molecule has 0 radical (unpaired) electrons. The van der Waals surface area contributed by atoms with Crippen molar-refractivity contribution in [3.8, 4) is 0 Å². The Kier molecular flexibility index (Phi) is 5.66. The highest BCUT2D eigenvalue weighted by atomic mass is 17.2. The van der Waals surface area contributed by atoms with Crippen molar-refractivity contribution in [3.05, 3.63) is 35.4 Å². The van der Waals surface area contributed by atoms with Crippen molar-refractivity contribution >= 4 is 5.97 Å². The van der Waals surface area contributed by atoms with E-state index in [9.17, 15) is 4.79 Å². The Labute approximate surface area is 101 Å². The molecule has 94 valence electrons. The van der Waals surface area contributed by atoms with Gasteiger partial charge in [0.05, 0.1) is 18.3 Å². The quantitative estimate of drug-likeness (QED) is 0.434. The van der Waals surface area contributed by atoms with Crippen molar-refractivity contribution in [2.45, 2.75) is 26.4 Å². The monoisotopic (exact) mass is 238 g/mol. The maximum Gasteiger partial charge on any atom is 0.373 e. The van der Waals surface area contributed by atoms with E-state index >= 15 is 0 Å². The van der Waals surface area contributed by atoms with Gasteiger partial charge >= 0.3 is 5.97 Å². The minimum atomic E-state index is -0.465. The van der Waals surface area contributed by atoms with Crippen LogP contribution in [0.25, 0.3) is 0 Å². The summed E-state index contributed by atoms with van der Waals surface area (Å²) in [5.41, 5.74) is 1.39. The van der Waals surface area contributed by atoms with Crippen molar-refractivity contribution in [1.29, 1.82) is 0 Å². The van der Waals surface area contributed by atoms with Gasteiger partial charge in [0.25, 0.3) is 0 Å². The van der Waals surface area contributed by atoms with Crippen LogP contribution in [0.4, 0.5) is 0 Å². The fraction of sp³-hybridized carbons (Fsp3) is 0.462. The number of ether oxygens (including phenoxy) is 1. The second kappa shape index (κ2) is 7.04. The van der Waals surface area contributed by atoms with Crippen LogP contribution < -0.4 is 0 Å². The first kappa shape index (κ1) is 13.7. The zero-order chi connectivity index (χ0) is 12.7. The van der Waals surface area contributed by atoms with E-state index in [0.717, 1.165) is 5.56 Å². The predicted molar refractivity (Wildman–Crippen MR) is 63.6 cm³/mol. The number of carbonyl (C=O) groups excluding carboxylic acids is 1. The molecule has 0 saturated carbocycles. The molecule has 0 N–H and O–H groups in total. The standard InChI is InChI=1S/C13H18O4/c1-10-6-4-5-7-12(10)13(14)17-16-9-8-11(2)15-3/h4-7,11H,8-9H2,1-3H3. The molecule has 0 amide bonds. The van der Waals surface area contributed by atoms with Gasteiger partial charge in [0.1, 0.15) is 0 Å². The molecular weight excluding hydrogens is 220 g/mol. The van der Waals surface area contributed by atoms with Crippen LogP contribution in [0, 0.1) is 6.92 Å². The first-order valence-electron chi connectivity index (χ1n) is 5.57. The van der Waals surface area contributed by atoms with Gasteiger partial charge < -0.3 is 4.74 Å². The Bertz CT molecular complexity index is 362. The molecule has 1 aromatic rings. The number of rotatable bonds is 6. The molecule has 4 heteroatoms. The fourth-order valence-corrected chi connectivity index (χ4v) is 1.27. The van der Waals surface area contributed by atoms with E-state index in [1.54, 1.807) is 19.2 Å². The molecule has 1 unspecified atom stereocenters. The van der Waals surface area contributed by atoms with Crippen molar-refractivity contribution in [1.82, 2.24) is 0 Å². The maximum absolute atomic E-state index is 11.6. The Balaban J connectivity index is 2.33. The summed E-state index contributed by atoms with van der Waals surface area (Å²) in [6.45, 7) is 4.10. The Morgan fingerprint density at radius 3 is 2.71 bits per heavy atom. The van der Waals surface area contributed by atoms with Crippen molar-refractivity contribution < 1.29 is 19.3 Å². The fourth-order valence-electron chi connectivity index (χ4n) is 1.27. The Morgan fingerprint density at radius 2 is 2.06 bits per heavy atom. The third-order valence-electron chi connectivity index (χ3n) is 2.51. The molecule has 0 bridgehead atoms. The molecule has 0 spiro atoms. The molecule has 1 aromatic carbocycles. The summed E-state index contributed by atoms with van der Waals surface area (Å²) in [5.74, 6) is -0.465. The third-order valence-corrected chi connectivity index (χ3v) is 2.51. The van der Waals surface area contributed by atoms with E-state index in [-0.39, 0.29) is 6.10 Å². The summed E-state index contributed by atoms with van der Waals surface area (Å²) < 4.78 is 5.04. The van der Waals surface area contributed by atoms with E-state index in [1.807, 2.05) is 26.0 Å². The number of methoxy groups -OCH3 is 1. The Hall–Kier alpha value is -1.39. The van der Waals surface area contributed by atoms with E-state index in [2.05, 4.69) is 0 Å². The molecule has 0 fully saturated rings. The van der Waals surface area contributed by atoms with E-state index in [1.165, 1.54) is 0 Å². The van der Waals surface area contributed by atoms with Gasteiger partial charge in [-0.05, 0) is 25.5 Å². The van der Waals surface area contributed by atoms with Crippen molar-refractivity contribution in [3.63, 3.8) is 0 Å². The lowest BCUT2D eigenvalue weighted by Gasteiger charge is -2.09. The molecule has 17 heavy (non-hydrogen) atoms. The summed E-state index contributed by atoms with van der Waals surface area (Å²) in [7, 11) is 1.63. The normalized spacial score (nSPS) is 12.2. The van der Waals surface area contributed by atoms with Gasteiger partial charge in [0, 0.05) is 13.5 Å². The number of benzene rings is 1. The van der Waals surface area contributed by atoms with E-state index in [0.29, 0.717) is 18.6 Å². The lowest BCUT2D eigenvalue weighted by molar-refractivity contribution is -0.244. The second-order valence-corrected chi connectivity index (χ2v) is 3.84. The van der Waals surface area contributed by atoms with E-state index in [4.69, 9.17) is 14.5 Å². The van der Waals surface area contributed by atoms with Crippen LogP contribution in [-0.2, 0) is 14.5 Å². The van der Waals surface area contributed by atoms with Gasteiger partial charge in [-0.1, -0.05) is 18.2 Å². The highest BCUT2D eigenvalue weighted by Gasteiger charge is 2.10. The molecule has 0 aromatic heterocycles. The van der Waals surface area contributed by atoms with Gasteiger partial charge in [0.15, 0.2) is 0 Å². The average molecular weight is 238 g/mol. The molecule has 0 heterocycles. The molecule has 0 aliphatic carbocycles. The molecule has 4 nitrogen and oxygen atoms in total. The average Bonchev–Trinajstić information content (AvgIpc) is 2.34. The Morgan fingerprint density at radius 1 is 1.35 bits per heavy atom. The lowest BCUT2D eigenvalue weighted by Crippen LogP contribution is -2.12. The largest absolute Gasteiger partial charge is 0.382 e. The first-order chi connectivity index (χ1) is 8.15. The molecule has 0 aliphatic rings. The SMILES string of the molecule is COC(C)CCOOC(=O)c1ccccc1C. The smallest absolute Gasteiger partial charge is 0.373 e. The van der Waals surface area contributed by atoms with Crippen LogP contribution >= 0.6 is 0 Å². The number of hydrogen-bond acceptors (Lipinski definition) is 4. The second-order valence-electron chi connectivity index (χ2n) is 3.84. The lowest BCUT2D eigenvalue weighted by atomic mass is 10.1. The van der Waals surface area contributed by atoms with Crippen LogP contribution in [0.15, 0.2) is 24.3 Å². The molecule has 1 rings (SSSR count). The minimum absolute atomic E-state index is 0.0900. The van der Waals surface area contributed by atoms with Crippen molar-refractivity contribution in [2.75, 3.05) is 13.7 Å². The number of carbonyl (C=O) groups is 1. The van der Waals surface area contributed by atoms with Gasteiger partial charge in [-0.3, -0.25) is 4.89 Å². The summed E-state index contributed by atoms with van der Waals surface area (Å²) in [6.07, 6.45) is 0.768. The summed E-state index contributed by atoms with van der Waals surface area (Å²) in [5, 5.41) is 0. The zero-order valence-corrected chi connectivity index (χ0v) is 10.4. The molecule has 0 saturated heterocycles. The van der Waals surface area contributed by atoms with Gasteiger partial charge in [0.2, 0.25) is 0 Å². The summed E-state index contributed by atoms with van der Waals surface area (Å²) in [4.78, 5) is 21.2. The van der Waals surface area contributed by atoms with Crippen LogP contribution in [0.5, 0.6) is 0 Å². The first-order valence-corrected chi connectivity index (χ1v) is 5.57. The van der Waals surface area contributed by atoms with Gasteiger partial charge in [-0.15, -0.1) is 0 Å². The third kappa shape index (κ3) is 4.54. The van der Waals surface area contributed by atoms with Gasteiger partial charge in [-0.2, -0.15) is 4.89 Å². The van der Waals surface area contributed by atoms with Crippen LogP contribution in [0.3, 0.4) is 0 Å². The highest BCUT2D eigenvalue weighted by molar-refractivity contribution is 5.90. The van der Waals surface area contributed by atoms with Crippen LogP contribution in [0.2, 0.25) is 0 Å². The van der Waals surface area contributed by atoms with Crippen LogP contribution in [-0.4, -0.2) is 25.8 Å².